The molecule has 0 aliphatic carbocycles. The topological polar surface area (TPSA) is 52.6 Å². The highest BCUT2D eigenvalue weighted by Gasteiger charge is 2.42. The van der Waals surface area contributed by atoms with Crippen molar-refractivity contribution < 1.29 is 9.32 Å². The number of likely N-dealkylation sites (tertiary alicyclic amines) is 1. The number of hydrogen-bond acceptors (Lipinski definition) is 3. The van der Waals surface area contributed by atoms with E-state index >= 15 is 0 Å². The van der Waals surface area contributed by atoms with Gasteiger partial charge in [-0.3, -0.25) is 0 Å². The lowest BCUT2D eigenvalue weighted by atomic mass is 9.88. The molecule has 0 radical (unpaired) electrons. The summed E-state index contributed by atoms with van der Waals surface area (Å²) in [7, 11) is 1.18. The van der Waals surface area contributed by atoms with Gasteiger partial charge in [-0.25, -0.2) is 8.93 Å². The molecule has 76 valence electrons. The van der Waals surface area contributed by atoms with E-state index in [4.69, 9.17) is 5.11 Å². The van der Waals surface area contributed by atoms with Crippen molar-refractivity contribution in [3.8, 4) is 0 Å². The summed E-state index contributed by atoms with van der Waals surface area (Å²) in [4.78, 5) is 2.24. The molecule has 4 atom stereocenters. The lowest BCUT2D eigenvalue weighted by Crippen LogP contribution is -2.53. The van der Waals surface area contributed by atoms with Gasteiger partial charge in [0.1, 0.15) is 0 Å². The molecule has 0 saturated carbocycles. The van der Waals surface area contributed by atoms with Crippen LogP contribution in [0, 0.1) is 5.92 Å². The van der Waals surface area contributed by atoms with Crippen LogP contribution in [0.2, 0.25) is 0 Å². The summed E-state index contributed by atoms with van der Waals surface area (Å²) in [6, 6.07) is 0.580. The van der Waals surface area contributed by atoms with Gasteiger partial charge in [0.05, 0.1) is 16.7 Å². The van der Waals surface area contributed by atoms with Gasteiger partial charge in [-0.1, -0.05) is 0 Å². The normalized spacial score (nSPS) is 46.3. The van der Waals surface area contributed by atoms with E-state index in [9.17, 15) is 4.21 Å². The Morgan fingerprint density at radius 2 is 2.46 bits per heavy atom. The van der Waals surface area contributed by atoms with Crippen molar-refractivity contribution in [2.75, 3.05) is 26.0 Å². The maximum Gasteiger partial charge on any atom is 0.0935 e. The molecule has 0 spiro atoms. The molecule has 2 heterocycles. The molecular weight excluding hydrogens is 188 g/mol. The molecule has 0 aromatic carbocycles. The van der Waals surface area contributed by atoms with Gasteiger partial charge < -0.3 is 10.0 Å². The summed E-state index contributed by atoms with van der Waals surface area (Å²) in [6.07, 6.45) is 0.998. The molecule has 0 aromatic heterocycles. The van der Waals surface area contributed by atoms with Crippen LogP contribution in [0.3, 0.4) is 0 Å². The summed E-state index contributed by atoms with van der Waals surface area (Å²) in [5.41, 5.74) is 0. The van der Waals surface area contributed by atoms with Crippen LogP contribution in [0.4, 0.5) is 0 Å². The Morgan fingerprint density at radius 1 is 1.69 bits per heavy atom. The molecule has 2 saturated heterocycles. The van der Waals surface area contributed by atoms with E-state index in [1.165, 1.54) is 0 Å². The van der Waals surface area contributed by atoms with Crippen LogP contribution >= 0.6 is 0 Å². The number of nitrogens with one attached hydrogen (secondary N) is 1. The molecule has 3 unspecified atom stereocenters. The van der Waals surface area contributed by atoms with Crippen molar-refractivity contribution in [3.05, 3.63) is 0 Å². The van der Waals surface area contributed by atoms with Crippen molar-refractivity contribution >= 4 is 11.0 Å². The minimum absolute atomic E-state index is 0.208. The van der Waals surface area contributed by atoms with Gasteiger partial charge in [0.15, 0.2) is 0 Å². The van der Waals surface area contributed by atoms with E-state index in [2.05, 4.69) is 16.7 Å². The molecule has 2 fully saturated rings. The molecule has 13 heavy (non-hydrogen) atoms. The zero-order valence-corrected chi connectivity index (χ0v) is 8.59. The number of hydrogen-bond donors (Lipinski definition) is 2. The summed E-state index contributed by atoms with van der Waals surface area (Å²) in [5, 5.41) is 9.15. The first-order chi connectivity index (χ1) is 6.22. The van der Waals surface area contributed by atoms with E-state index in [0.717, 1.165) is 13.0 Å². The van der Waals surface area contributed by atoms with E-state index in [-0.39, 0.29) is 18.6 Å². The van der Waals surface area contributed by atoms with E-state index in [1.807, 2.05) is 0 Å². The first-order valence-corrected chi connectivity index (χ1v) is 6.00. The van der Waals surface area contributed by atoms with Gasteiger partial charge in [-0.2, -0.15) is 0 Å². The monoisotopic (exact) mass is 204 g/mol. The van der Waals surface area contributed by atoms with Crippen molar-refractivity contribution in [1.29, 1.82) is 0 Å². The van der Waals surface area contributed by atoms with Gasteiger partial charge in [-0.15, -0.1) is 0 Å². The number of fused-ring (bicyclic) bond motifs is 1. The van der Waals surface area contributed by atoms with E-state index in [0.29, 0.717) is 11.8 Å². The average Bonchev–Trinajstić information content (AvgIpc) is 2.48. The standard InChI is InChI=1S/C8H16N2O2S/c1-10-3-2-6(4-11)8-7(10)5-13(12)9-8/h6-9,11H,2-5H2,1H3/t6?,7?,8-,13?/m0/s1. The van der Waals surface area contributed by atoms with Crippen molar-refractivity contribution in [2.24, 2.45) is 5.92 Å². The van der Waals surface area contributed by atoms with Crippen molar-refractivity contribution in [1.82, 2.24) is 9.62 Å². The van der Waals surface area contributed by atoms with Crippen LogP contribution in [0.1, 0.15) is 6.42 Å². The van der Waals surface area contributed by atoms with Gasteiger partial charge >= 0.3 is 0 Å². The van der Waals surface area contributed by atoms with Crippen LogP contribution in [0.25, 0.3) is 0 Å². The Bertz CT molecular complexity index is 224. The minimum Gasteiger partial charge on any atom is -0.396 e. The second kappa shape index (κ2) is 3.65. The molecular formula is C8H16N2O2S. The van der Waals surface area contributed by atoms with E-state index in [1.54, 1.807) is 0 Å². The molecule has 2 rings (SSSR count). The smallest absolute Gasteiger partial charge is 0.0935 e. The van der Waals surface area contributed by atoms with Crippen LogP contribution in [-0.2, 0) is 11.0 Å². The quantitative estimate of drug-likeness (QED) is 0.572. The largest absolute Gasteiger partial charge is 0.396 e. The van der Waals surface area contributed by atoms with Crippen LogP contribution in [-0.4, -0.2) is 52.3 Å². The molecule has 4 nitrogen and oxygen atoms in total. The SMILES string of the molecule is CN1CCC(CO)[C@@H]2NS(=O)CC21. The predicted octanol–water partition coefficient (Wildman–Crippen LogP) is -1.07. The Hall–Kier alpha value is 0.0300. The first-order valence-electron chi connectivity index (χ1n) is 4.68. The Balaban J connectivity index is 2.12. The number of likely N-dealkylation sites (N-methyl/N-ethyl adjacent to an activating group) is 1. The zero-order chi connectivity index (χ0) is 9.42. The maximum absolute atomic E-state index is 11.3. The molecule has 0 aromatic rings. The lowest BCUT2D eigenvalue weighted by Gasteiger charge is -2.38. The molecule has 0 amide bonds. The number of aliphatic hydroxyl groups excluding tert-OH is 1. The first kappa shape index (κ1) is 9.58. The number of nitrogens with zero attached hydrogens (tertiary/aromatic N) is 1. The minimum atomic E-state index is -0.889. The summed E-state index contributed by atoms with van der Waals surface area (Å²) < 4.78 is 14.4. The van der Waals surface area contributed by atoms with Gasteiger partial charge in [-0.05, 0) is 20.0 Å². The van der Waals surface area contributed by atoms with E-state index < -0.39 is 11.0 Å². The van der Waals surface area contributed by atoms with Crippen molar-refractivity contribution in [2.45, 2.75) is 18.5 Å². The third kappa shape index (κ3) is 1.66. The fourth-order valence-electron chi connectivity index (χ4n) is 2.27. The summed E-state index contributed by atoms with van der Waals surface area (Å²) in [6.45, 7) is 1.21. The van der Waals surface area contributed by atoms with Gasteiger partial charge in [0.2, 0.25) is 0 Å². The molecule has 2 aliphatic rings. The number of rotatable bonds is 1. The lowest BCUT2D eigenvalue weighted by molar-refractivity contribution is 0.0884. The highest BCUT2D eigenvalue weighted by Crippen LogP contribution is 2.26. The Kier molecular flexibility index (Phi) is 2.69. The predicted molar refractivity (Wildman–Crippen MR) is 51.5 cm³/mol. The molecule has 5 heteroatoms. The van der Waals surface area contributed by atoms with Crippen LogP contribution < -0.4 is 4.72 Å². The van der Waals surface area contributed by atoms with Crippen molar-refractivity contribution in [3.63, 3.8) is 0 Å². The van der Waals surface area contributed by atoms with Gasteiger partial charge in [0, 0.05) is 24.6 Å². The Labute approximate surface area is 80.9 Å². The fraction of sp³-hybridized carbons (Fsp3) is 1.00. The molecule has 0 bridgehead atoms. The van der Waals surface area contributed by atoms with Gasteiger partial charge in [0.25, 0.3) is 0 Å². The van der Waals surface area contributed by atoms with Crippen LogP contribution in [0.15, 0.2) is 0 Å². The third-order valence-corrected chi connectivity index (χ3v) is 4.34. The highest BCUT2D eigenvalue weighted by molar-refractivity contribution is 7.83. The highest BCUT2D eigenvalue weighted by atomic mass is 32.2. The maximum atomic E-state index is 11.3. The number of piperidine rings is 1. The second-order valence-electron chi connectivity index (χ2n) is 3.94. The molecule has 2 aliphatic heterocycles. The number of aliphatic hydroxyl groups is 1. The summed E-state index contributed by atoms with van der Waals surface area (Å²) in [5.74, 6) is 0.991. The third-order valence-electron chi connectivity index (χ3n) is 3.17. The zero-order valence-electron chi connectivity index (χ0n) is 7.77. The average molecular weight is 204 g/mol. The fourth-order valence-corrected chi connectivity index (χ4v) is 3.79. The Morgan fingerprint density at radius 3 is 3.15 bits per heavy atom. The van der Waals surface area contributed by atoms with Crippen LogP contribution in [0.5, 0.6) is 0 Å². The summed E-state index contributed by atoms with van der Waals surface area (Å²) >= 11 is 0. The molecule has 2 N–H and O–H groups in total. The second-order valence-corrected chi connectivity index (χ2v) is 5.20.